The molecule has 0 saturated carbocycles. The average molecular weight is 496 g/mol. The molecule has 0 unspecified atom stereocenters. The van der Waals surface area contributed by atoms with E-state index in [0.717, 1.165) is 23.4 Å². The number of thiazole rings is 1. The standard InChI is InChI=1S/C24H22ClN5O3S/c25-17-5-2-1-4-16(17)12-22(31)30-9-7-15(8-10-30)24-26-19(14-34-24)23(32)27-21-13-18(28-29-21)20-6-3-11-33-20/h1-6,11,13-15H,7-10,12H2,(H2,27,28,29,32). The summed E-state index contributed by atoms with van der Waals surface area (Å²) >= 11 is 7.67. The summed E-state index contributed by atoms with van der Waals surface area (Å²) in [6, 6.07) is 12.7. The van der Waals surface area contributed by atoms with Crippen LogP contribution in [-0.4, -0.2) is 45.0 Å². The number of likely N-dealkylation sites (tertiary alicyclic amines) is 1. The summed E-state index contributed by atoms with van der Waals surface area (Å²) in [4.78, 5) is 31.8. The van der Waals surface area contributed by atoms with Crippen molar-refractivity contribution < 1.29 is 14.0 Å². The Bertz CT molecular complexity index is 1290. The molecule has 0 atom stereocenters. The summed E-state index contributed by atoms with van der Waals surface area (Å²) < 4.78 is 5.33. The lowest BCUT2D eigenvalue weighted by Crippen LogP contribution is -2.38. The van der Waals surface area contributed by atoms with Crippen LogP contribution in [0.4, 0.5) is 5.82 Å². The molecule has 10 heteroatoms. The molecule has 4 aromatic rings. The van der Waals surface area contributed by atoms with Gasteiger partial charge in [0.05, 0.1) is 17.7 Å². The van der Waals surface area contributed by atoms with Gasteiger partial charge in [0.15, 0.2) is 11.6 Å². The number of rotatable bonds is 6. The number of aromatic nitrogens is 3. The lowest BCUT2D eigenvalue weighted by atomic mass is 9.97. The number of benzene rings is 1. The van der Waals surface area contributed by atoms with E-state index in [4.69, 9.17) is 16.0 Å². The van der Waals surface area contributed by atoms with Crippen molar-refractivity contribution in [3.8, 4) is 11.5 Å². The van der Waals surface area contributed by atoms with Gasteiger partial charge in [0, 0.05) is 35.5 Å². The van der Waals surface area contributed by atoms with Gasteiger partial charge in [-0.25, -0.2) is 4.98 Å². The second-order valence-electron chi connectivity index (χ2n) is 8.09. The van der Waals surface area contributed by atoms with E-state index in [1.807, 2.05) is 29.2 Å². The number of carbonyl (C=O) groups excluding carboxylic acids is 2. The maximum atomic E-state index is 12.7. The van der Waals surface area contributed by atoms with Gasteiger partial charge in [0.2, 0.25) is 5.91 Å². The minimum absolute atomic E-state index is 0.0821. The highest BCUT2D eigenvalue weighted by atomic mass is 35.5. The fourth-order valence-corrected chi connectivity index (χ4v) is 5.17. The van der Waals surface area contributed by atoms with Crippen LogP contribution in [0, 0.1) is 0 Å². The highest BCUT2D eigenvalue weighted by molar-refractivity contribution is 7.10. The lowest BCUT2D eigenvalue weighted by molar-refractivity contribution is -0.131. The van der Waals surface area contributed by atoms with Crippen molar-refractivity contribution >= 4 is 40.6 Å². The molecule has 4 heterocycles. The molecule has 5 rings (SSSR count). The van der Waals surface area contributed by atoms with Gasteiger partial charge in [-0.1, -0.05) is 29.8 Å². The van der Waals surface area contributed by atoms with Gasteiger partial charge in [0.1, 0.15) is 11.4 Å². The van der Waals surface area contributed by atoms with Crippen LogP contribution in [0.2, 0.25) is 5.02 Å². The summed E-state index contributed by atoms with van der Waals surface area (Å²) in [6.07, 6.45) is 3.51. The Morgan fingerprint density at radius 2 is 2.03 bits per heavy atom. The van der Waals surface area contributed by atoms with Gasteiger partial charge in [-0.15, -0.1) is 11.3 Å². The number of anilines is 1. The van der Waals surface area contributed by atoms with Gasteiger partial charge in [-0.2, -0.15) is 5.10 Å². The smallest absolute Gasteiger partial charge is 0.276 e. The number of carbonyl (C=O) groups is 2. The molecule has 2 N–H and O–H groups in total. The first-order valence-electron chi connectivity index (χ1n) is 10.9. The number of hydrogen-bond donors (Lipinski definition) is 2. The zero-order valence-electron chi connectivity index (χ0n) is 18.2. The lowest BCUT2D eigenvalue weighted by Gasteiger charge is -2.31. The number of H-pyrrole nitrogens is 1. The number of furan rings is 1. The molecule has 0 spiro atoms. The van der Waals surface area contributed by atoms with E-state index in [2.05, 4.69) is 20.5 Å². The second kappa shape index (κ2) is 9.82. The Balaban J connectivity index is 1.15. The van der Waals surface area contributed by atoms with Crippen molar-refractivity contribution in [2.45, 2.75) is 25.2 Å². The summed E-state index contributed by atoms with van der Waals surface area (Å²) in [7, 11) is 0. The number of hydrogen-bond acceptors (Lipinski definition) is 6. The number of nitrogens with zero attached hydrogens (tertiary/aromatic N) is 3. The topological polar surface area (TPSA) is 104 Å². The molecule has 1 aliphatic rings. The van der Waals surface area contributed by atoms with Crippen molar-refractivity contribution in [1.29, 1.82) is 0 Å². The van der Waals surface area contributed by atoms with E-state index >= 15 is 0 Å². The van der Waals surface area contributed by atoms with E-state index in [9.17, 15) is 9.59 Å². The third kappa shape index (κ3) is 4.90. The molecule has 0 radical (unpaired) electrons. The number of piperidine rings is 1. The van der Waals surface area contributed by atoms with E-state index in [1.165, 1.54) is 11.3 Å². The molecule has 8 nitrogen and oxygen atoms in total. The molecular weight excluding hydrogens is 474 g/mol. The first-order chi connectivity index (χ1) is 16.6. The number of aromatic amines is 1. The van der Waals surface area contributed by atoms with Crippen LogP contribution in [0.5, 0.6) is 0 Å². The monoisotopic (exact) mass is 495 g/mol. The van der Waals surface area contributed by atoms with Crippen molar-refractivity contribution in [3.05, 3.63) is 75.4 Å². The Kier molecular flexibility index (Phi) is 6.46. The number of nitrogens with one attached hydrogen (secondary N) is 2. The van der Waals surface area contributed by atoms with E-state index in [1.54, 1.807) is 29.8 Å². The minimum atomic E-state index is -0.313. The number of halogens is 1. The van der Waals surface area contributed by atoms with Crippen LogP contribution in [-0.2, 0) is 11.2 Å². The predicted molar refractivity (Wildman–Crippen MR) is 130 cm³/mol. The van der Waals surface area contributed by atoms with E-state index < -0.39 is 0 Å². The molecule has 1 aromatic carbocycles. The summed E-state index contributed by atoms with van der Waals surface area (Å²) in [5, 5.41) is 13.0. The predicted octanol–water partition coefficient (Wildman–Crippen LogP) is 4.98. The van der Waals surface area contributed by atoms with Crippen molar-refractivity contribution in [2.24, 2.45) is 0 Å². The number of amides is 2. The highest BCUT2D eigenvalue weighted by Gasteiger charge is 2.26. The second-order valence-corrected chi connectivity index (χ2v) is 9.39. The zero-order valence-corrected chi connectivity index (χ0v) is 19.7. The quantitative estimate of drug-likeness (QED) is 0.392. The Labute approximate surface area is 205 Å². The minimum Gasteiger partial charge on any atom is -0.463 e. The van der Waals surface area contributed by atoms with Crippen LogP contribution >= 0.6 is 22.9 Å². The van der Waals surface area contributed by atoms with Crippen molar-refractivity contribution in [1.82, 2.24) is 20.1 Å². The SMILES string of the molecule is O=C(Nc1cc(-c2ccco2)[nH]n1)c1csc(C2CCN(C(=O)Cc3ccccc3Cl)CC2)n1. The summed E-state index contributed by atoms with van der Waals surface area (Å²) in [6.45, 7) is 1.33. The van der Waals surface area contributed by atoms with Crippen LogP contribution < -0.4 is 5.32 Å². The fraction of sp³-hybridized carbons (Fsp3) is 0.250. The molecule has 2 amide bonds. The molecule has 0 aliphatic carbocycles. The molecule has 34 heavy (non-hydrogen) atoms. The molecule has 0 bridgehead atoms. The van der Waals surface area contributed by atoms with Crippen molar-refractivity contribution in [2.75, 3.05) is 18.4 Å². The molecule has 1 saturated heterocycles. The Morgan fingerprint density at radius 1 is 1.21 bits per heavy atom. The van der Waals surface area contributed by atoms with Crippen LogP contribution in [0.25, 0.3) is 11.5 Å². The zero-order chi connectivity index (χ0) is 23.5. The van der Waals surface area contributed by atoms with Gasteiger partial charge in [-0.05, 0) is 36.6 Å². The first-order valence-corrected chi connectivity index (χ1v) is 12.2. The van der Waals surface area contributed by atoms with Crippen LogP contribution in [0.1, 0.15) is 39.8 Å². The Hall–Kier alpha value is -3.43. The molecular formula is C24H22ClN5O3S. The fourth-order valence-electron chi connectivity index (χ4n) is 4.00. The van der Waals surface area contributed by atoms with Crippen LogP contribution in [0.15, 0.2) is 58.5 Å². The molecule has 1 fully saturated rings. The van der Waals surface area contributed by atoms with E-state index in [-0.39, 0.29) is 17.7 Å². The third-order valence-corrected chi connectivity index (χ3v) is 7.23. The summed E-state index contributed by atoms with van der Waals surface area (Å²) in [5.74, 6) is 1.04. The van der Waals surface area contributed by atoms with Gasteiger partial charge in [-0.3, -0.25) is 14.7 Å². The summed E-state index contributed by atoms with van der Waals surface area (Å²) in [5.41, 5.74) is 1.88. The van der Waals surface area contributed by atoms with Crippen molar-refractivity contribution in [3.63, 3.8) is 0 Å². The van der Waals surface area contributed by atoms with Gasteiger partial charge in [0.25, 0.3) is 5.91 Å². The average Bonchev–Trinajstić information content (AvgIpc) is 3.62. The van der Waals surface area contributed by atoms with Crippen LogP contribution in [0.3, 0.4) is 0 Å². The largest absolute Gasteiger partial charge is 0.463 e. The first kappa shape index (κ1) is 22.4. The normalized spacial score (nSPS) is 14.3. The third-order valence-electron chi connectivity index (χ3n) is 5.86. The van der Waals surface area contributed by atoms with Gasteiger partial charge < -0.3 is 14.6 Å². The molecule has 3 aromatic heterocycles. The molecule has 1 aliphatic heterocycles. The Morgan fingerprint density at radius 3 is 2.79 bits per heavy atom. The van der Waals surface area contributed by atoms with E-state index in [0.29, 0.717) is 47.5 Å². The maximum absolute atomic E-state index is 12.7. The molecule has 174 valence electrons. The maximum Gasteiger partial charge on any atom is 0.276 e. The van der Waals surface area contributed by atoms with Gasteiger partial charge >= 0.3 is 0 Å². The highest BCUT2D eigenvalue weighted by Crippen LogP contribution is 2.31.